The number of halogens is 2. The van der Waals surface area contributed by atoms with Crippen molar-refractivity contribution in [2.45, 2.75) is 57.1 Å². The van der Waals surface area contributed by atoms with Crippen molar-refractivity contribution in [3.63, 3.8) is 0 Å². The van der Waals surface area contributed by atoms with Gasteiger partial charge in [0.1, 0.15) is 22.8 Å². The van der Waals surface area contributed by atoms with Crippen molar-refractivity contribution < 1.29 is 39.6 Å². The first-order valence-electron chi connectivity index (χ1n) is 13.9. The molecule has 3 unspecified atom stereocenters. The summed E-state index contributed by atoms with van der Waals surface area (Å²) in [7, 11) is 3.09. The van der Waals surface area contributed by atoms with E-state index in [0.717, 1.165) is 25.7 Å². The van der Waals surface area contributed by atoms with E-state index in [1.807, 2.05) is 0 Å². The lowest BCUT2D eigenvalue weighted by Gasteiger charge is -2.50. The Bertz CT molecular complexity index is 1360. The molecule has 0 saturated heterocycles. The number of hydrogen-bond acceptors (Lipinski definition) is 10. The van der Waals surface area contributed by atoms with Crippen molar-refractivity contribution in [2.24, 2.45) is 17.6 Å². The molecule has 0 aromatic heterocycles. The quantitative estimate of drug-likeness (QED) is 0.112. The van der Waals surface area contributed by atoms with Crippen LogP contribution < -0.4 is 16.4 Å². The summed E-state index contributed by atoms with van der Waals surface area (Å²) in [5.74, 6) is -7.57. The van der Waals surface area contributed by atoms with Gasteiger partial charge < -0.3 is 36.8 Å². The summed E-state index contributed by atoms with van der Waals surface area (Å²) in [6.45, 7) is 2.80. The number of rotatable bonds is 10. The van der Waals surface area contributed by atoms with Crippen LogP contribution in [0.25, 0.3) is 5.76 Å². The minimum absolute atomic E-state index is 0. The van der Waals surface area contributed by atoms with Crippen molar-refractivity contribution in [3.05, 3.63) is 40.2 Å². The van der Waals surface area contributed by atoms with E-state index in [9.17, 15) is 39.6 Å². The molecule has 1 aromatic rings. The third-order valence-electron chi connectivity index (χ3n) is 8.36. The number of aromatic hydroxyl groups is 1. The molecule has 0 radical (unpaired) electrons. The number of likely N-dealkylation sites (N-methyl/N-ethyl adjacent to an activating group) is 1. The molecule has 1 aromatic carbocycles. The van der Waals surface area contributed by atoms with Crippen LogP contribution in [0, 0.1) is 11.8 Å². The van der Waals surface area contributed by atoms with Crippen LogP contribution in [0.3, 0.4) is 0 Å². The topological polar surface area (TPSA) is 203 Å². The fraction of sp³-hybridized carbons (Fsp3) is 0.517. The lowest BCUT2D eigenvalue weighted by atomic mass is 9.57. The van der Waals surface area contributed by atoms with Gasteiger partial charge in [0.2, 0.25) is 11.7 Å². The van der Waals surface area contributed by atoms with Gasteiger partial charge in [-0.1, -0.05) is 32.3 Å². The maximum absolute atomic E-state index is 13.9. The Morgan fingerprint density at radius 3 is 2.37 bits per heavy atom. The van der Waals surface area contributed by atoms with E-state index >= 15 is 0 Å². The first kappa shape index (κ1) is 36.0. The molecule has 238 valence electrons. The van der Waals surface area contributed by atoms with Crippen LogP contribution in [0.4, 0.5) is 5.69 Å². The number of Topliss-reactive ketones (excluding diaryl/α,β-unsaturated/α-hetero) is 2. The molecule has 43 heavy (non-hydrogen) atoms. The third kappa shape index (κ3) is 6.25. The number of phenolic OH excluding ortho intramolecular Hbond substituents is 1. The summed E-state index contributed by atoms with van der Waals surface area (Å²) in [6.07, 6.45) is 4.41. The maximum Gasteiger partial charge on any atom is 0.255 e. The highest BCUT2D eigenvalue weighted by Crippen LogP contribution is 2.53. The zero-order valence-electron chi connectivity index (χ0n) is 24.3. The molecule has 3 aliphatic carbocycles. The Hall–Kier alpha value is -3.16. The van der Waals surface area contributed by atoms with Crippen molar-refractivity contribution in [1.29, 1.82) is 0 Å². The largest absolute Gasteiger partial charge is 0.508 e. The maximum atomic E-state index is 13.9. The van der Waals surface area contributed by atoms with Gasteiger partial charge in [-0.25, -0.2) is 0 Å². The van der Waals surface area contributed by atoms with Gasteiger partial charge in [0, 0.05) is 11.5 Å². The van der Waals surface area contributed by atoms with Gasteiger partial charge in [0.15, 0.2) is 11.4 Å². The van der Waals surface area contributed by atoms with Crippen molar-refractivity contribution >= 4 is 59.6 Å². The molecule has 0 bridgehead atoms. The highest BCUT2D eigenvalue weighted by Gasteiger charge is 2.64. The van der Waals surface area contributed by atoms with Crippen LogP contribution >= 0.6 is 24.8 Å². The number of primary amides is 1. The average molecular weight is 644 g/mol. The summed E-state index contributed by atoms with van der Waals surface area (Å²) >= 11 is 0. The molecule has 8 N–H and O–H groups in total. The molecular weight excluding hydrogens is 603 g/mol. The summed E-state index contributed by atoms with van der Waals surface area (Å²) in [5.41, 5.74) is 1.99. The summed E-state index contributed by atoms with van der Waals surface area (Å²) in [4.78, 5) is 53.0. The van der Waals surface area contributed by atoms with E-state index in [1.54, 1.807) is 20.2 Å². The van der Waals surface area contributed by atoms with Crippen LogP contribution in [0.2, 0.25) is 0 Å². The van der Waals surface area contributed by atoms with E-state index in [1.165, 1.54) is 11.0 Å². The molecule has 3 aliphatic rings. The lowest BCUT2D eigenvalue weighted by Crippen LogP contribution is -2.65. The molecule has 0 aliphatic heterocycles. The number of carbonyl (C=O) groups excluding carboxylic acids is 4. The summed E-state index contributed by atoms with van der Waals surface area (Å²) in [5, 5.41) is 50.6. The summed E-state index contributed by atoms with van der Waals surface area (Å²) in [6, 6.07) is 1.99. The van der Waals surface area contributed by atoms with E-state index in [4.69, 9.17) is 5.73 Å². The number of benzene rings is 1. The average Bonchev–Trinajstić information content (AvgIpc) is 2.89. The molecule has 14 heteroatoms. The van der Waals surface area contributed by atoms with Crippen LogP contribution in [-0.2, 0) is 25.6 Å². The number of nitrogens with zero attached hydrogens (tertiary/aromatic N) is 1. The van der Waals surface area contributed by atoms with Crippen molar-refractivity contribution in [2.75, 3.05) is 32.5 Å². The standard InChI is InChI=1S/C29H38N4O8.2ClH/c1-4-5-6-7-10-31-13-18(34)32-17-9-8-14-11-15-12-16-22(33(2)3)25(37)21(28(30)40)27(39)29(16,41)26(38)20(15)24(36)19(14)23(17)35;;/h8-9,15-16,22,31,35-36,39,41H,4-7,10-13H2,1-3H3,(H2,30,40)(H,32,34);2*1H/t15?,16?,22-,29?;;/m0../s1. The first-order valence-corrected chi connectivity index (χ1v) is 13.9. The molecule has 4 atom stereocenters. The van der Waals surface area contributed by atoms with Crippen LogP contribution in [0.1, 0.15) is 50.2 Å². The molecule has 0 spiro atoms. The van der Waals surface area contributed by atoms with Gasteiger partial charge >= 0.3 is 0 Å². The second kappa shape index (κ2) is 14.1. The number of ketones is 2. The Morgan fingerprint density at radius 2 is 1.77 bits per heavy atom. The highest BCUT2D eigenvalue weighted by atomic mass is 35.5. The van der Waals surface area contributed by atoms with Gasteiger partial charge in [-0.05, 0) is 57.5 Å². The van der Waals surface area contributed by atoms with E-state index < -0.39 is 69.7 Å². The normalized spacial score (nSPS) is 24.4. The molecule has 1 fully saturated rings. The number of unbranched alkanes of at least 4 members (excludes halogenated alkanes) is 3. The molecule has 0 heterocycles. The number of carbonyl (C=O) groups is 4. The zero-order valence-corrected chi connectivity index (χ0v) is 25.9. The number of anilines is 1. The lowest BCUT2D eigenvalue weighted by molar-refractivity contribution is -0.153. The Kier molecular flexibility index (Phi) is 11.8. The second-order valence-corrected chi connectivity index (χ2v) is 11.2. The van der Waals surface area contributed by atoms with E-state index in [2.05, 4.69) is 17.6 Å². The summed E-state index contributed by atoms with van der Waals surface area (Å²) < 4.78 is 0. The van der Waals surface area contributed by atoms with Gasteiger partial charge in [-0.3, -0.25) is 24.1 Å². The van der Waals surface area contributed by atoms with Crippen molar-refractivity contribution in [3.8, 4) is 5.75 Å². The number of hydrogen-bond donors (Lipinski definition) is 7. The van der Waals surface area contributed by atoms with Gasteiger partial charge in [-0.2, -0.15) is 0 Å². The Morgan fingerprint density at radius 1 is 1.09 bits per heavy atom. The Labute approximate surface area is 262 Å². The monoisotopic (exact) mass is 642 g/mol. The van der Waals surface area contributed by atoms with Gasteiger partial charge in [0.05, 0.1) is 23.8 Å². The first-order chi connectivity index (χ1) is 19.4. The predicted molar refractivity (Wildman–Crippen MR) is 164 cm³/mol. The van der Waals surface area contributed by atoms with E-state index in [0.29, 0.717) is 12.1 Å². The fourth-order valence-electron chi connectivity index (χ4n) is 6.39. The van der Waals surface area contributed by atoms with Gasteiger partial charge in [-0.15, -0.1) is 24.8 Å². The number of nitrogens with one attached hydrogen (secondary N) is 2. The number of aliphatic hydroxyl groups is 3. The number of nitrogens with two attached hydrogens (primary N) is 1. The second-order valence-electron chi connectivity index (χ2n) is 11.2. The predicted octanol–water partition coefficient (Wildman–Crippen LogP) is 1.92. The molecule has 1 saturated carbocycles. The number of amides is 2. The smallest absolute Gasteiger partial charge is 0.255 e. The number of fused-ring (bicyclic) bond motifs is 3. The SMILES string of the molecule is CCCCCCNCC(=O)Nc1ccc2c(c1O)C(O)=C1C(=O)C3(O)C(O)=C(C(N)=O)C(=O)[C@@H](N(C)C)C3CC1C2.Cl.Cl. The van der Waals surface area contributed by atoms with Gasteiger partial charge in [0.25, 0.3) is 5.91 Å². The molecular formula is C29H40Cl2N4O8. The minimum Gasteiger partial charge on any atom is -0.508 e. The Balaban J connectivity index is 0.00000323. The zero-order chi connectivity index (χ0) is 30.2. The third-order valence-corrected chi connectivity index (χ3v) is 8.36. The minimum atomic E-state index is -2.70. The molecule has 2 amide bonds. The van der Waals surface area contributed by atoms with Crippen LogP contribution in [0.5, 0.6) is 5.75 Å². The highest BCUT2D eigenvalue weighted by molar-refractivity contribution is 6.24. The van der Waals surface area contributed by atoms with Crippen LogP contribution in [-0.4, -0.2) is 87.5 Å². The van der Waals surface area contributed by atoms with Crippen LogP contribution in [0.15, 0.2) is 29.0 Å². The fourth-order valence-corrected chi connectivity index (χ4v) is 6.39. The molecule has 12 nitrogen and oxygen atoms in total. The number of phenols is 1. The molecule has 4 rings (SSSR count). The van der Waals surface area contributed by atoms with Crippen molar-refractivity contribution in [1.82, 2.24) is 10.2 Å². The number of aliphatic hydroxyl groups excluding tert-OH is 2. The van der Waals surface area contributed by atoms with E-state index in [-0.39, 0.29) is 61.0 Å².